The smallest absolute Gasteiger partial charge is 0.229 e. The number of anilines is 2. The lowest BCUT2D eigenvalue weighted by Gasteiger charge is -2.22. The number of hydrogen-bond donors (Lipinski definition) is 1. The van der Waals surface area contributed by atoms with Crippen molar-refractivity contribution in [1.29, 1.82) is 0 Å². The first-order chi connectivity index (χ1) is 13.2. The van der Waals surface area contributed by atoms with Crippen LogP contribution in [0.15, 0.2) is 42.5 Å². The van der Waals surface area contributed by atoms with Crippen molar-refractivity contribution in [1.82, 2.24) is 0 Å². The Balaban J connectivity index is 1.76. The van der Waals surface area contributed by atoms with Gasteiger partial charge in [-0.05, 0) is 47.4 Å². The molecule has 1 aliphatic heterocycles. The van der Waals surface area contributed by atoms with Crippen molar-refractivity contribution in [3.8, 4) is 5.75 Å². The number of carbonyl (C=O) groups excluding carboxylic acids is 2. The van der Waals surface area contributed by atoms with Gasteiger partial charge in [-0.25, -0.2) is 4.39 Å². The number of rotatable bonds is 4. The molecule has 0 aliphatic carbocycles. The van der Waals surface area contributed by atoms with Gasteiger partial charge in [-0.15, -0.1) is 0 Å². The number of methoxy groups -OCH3 is 1. The lowest BCUT2D eigenvalue weighted by Crippen LogP contribution is -2.28. The molecular formula is C22H25FN2O3. The Kier molecular flexibility index (Phi) is 5.40. The van der Waals surface area contributed by atoms with Crippen LogP contribution in [0, 0.1) is 11.7 Å². The van der Waals surface area contributed by atoms with E-state index in [1.54, 1.807) is 19.2 Å². The Hall–Kier alpha value is -2.89. The maximum absolute atomic E-state index is 13.1. The molecule has 3 rings (SSSR count). The molecule has 0 saturated carbocycles. The summed E-state index contributed by atoms with van der Waals surface area (Å²) in [5, 5.41) is 2.91. The maximum Gasteiger partial charge on any atom is 0.229 e. The molecule has 1 aliphatic rings. The molecule has 1 saturated heterocycles. The quantitative estimate of drug-likeness (QED) is 0.863. The van der Waals surface area contributed by atoms with E-state index in [1.807, 2.05) is 18.2 Å². The largest absolute Gasteiger partial charge is 0.495 e. The van der Waals surface area contributed by atoms with Crippen LogP contribution >= 0.6 is 0 Å². The van der Waals surface area contributed by atoms with Crippen LogP contribution in [0.25, 0.3) is 0 Å². The first kappa shape index (κ1) is 19.9. The highest BCUT2D eigenvalue weighted by atomic mass is 19.1. The molecule has 2 aromatic carbocycles. The minimum Gasteiger partial charge on any atom is -0.495 e. The normalized spacial score (nSPS) is 17.0. The van der Waals surface area contributed by atoms with E-state index in [2.05, 4.69) is 26.1 Å². The van der Waals surface area contributed by atoms with Crippen LogP contribution in [0.3, 0.4) is 0 Å². The fourth-order valence-corrected chi connectivity index (χ4v) is 3.26. The fourth-order valence-electron chi connectivity index (χ4n) is 3.26. The first-order valence-corrected chi connectivity index (χ1v) is 9.24. The van der Waals surface area contributed by atoms with Crippen LogP contribution in [-0.4, -0.2) is 25.5 Å². The number of benzene rings is 2. The summed E-state index contributed by atoms with van der Waals surface area (Å²) < 4.78 is 18.5. The average Bonchev–Trinajstić information content (AvgIpc) is 3.03. The van der Waals surface area contributed by atoms with Crippen molar-refractivity contribution in [3.63, 3.8) is 0 Å². The predicted octanol–water partition coefficient (Wildman–Crippen LogP) is 4.12. The zero-order valence-corrected chi connectivity index (χ0v) is 16.6. The molecule has 28 heavy (non-hydrogen) atoms. The standard InChI is InChI=1S/C22H25FN2O3/c1-22(2,3)15-5-10-19(28-4)18(12-15)24-21(27)14-11-20(26)25(13-14)17-8-6-16(23)7-9-17/h5-10,12,14H,11,13H2,1-4H3,(H,24,27). The molecule has 2 aromatic rings. The van der Waals surface area contributed by atoms with Crippen LogP contribution in [0.5, 0.6) is 5.75 Å². The van der Waals surface area contributed by atoms with Crippen molar-refractivity contribution in [2.24, 2.45) is 5.92 Å². The lowest BCUT2D eigenvalue weighted by atomic mass is 9.86. The van der Waals surface area contributed by atoms with E-state index < -0.39 is 5.92 Å². The molecule has 1 unspecified atom stereocenters. The number of halogens is 1. The number of ether oxygens (including phenoxy) is 1. The molecule has 0 spiro atoms. The van der Waals surface area contributed by atoms with Crippen molar-refractivity contribution < 1.29 is 18.7 Å². The van der Waals surface area contributed by atoms with Gasteiger partial charge in [-0.2, -0.15) is 0 Å². The Morgan fingerprint density at radius 1 is 1.18 bits per heavy atom. The zero-order valence-electron chi connectivity index (χ0n) is 16.6. The predicted molar refractivity (Wildman–Crippen MR) is 107 cm³/mol. The second-order valence-electron chi connectivity index (χ2n) is 8.04. The molecule has 1 heterocycles. The topological polar surface area (TPSA) is 58.6 Å². The summed E-state index contributed by atoms with van der Waals surface area (Å²) >= 11 is 0. The number of nitrogens with zero attached hydrogens (tertiary/aromatic N) is 1. The third-order valence-electron chi connectivity index (χ3n) is 4.96. The number of amides is 2. The molecule has 0 aromatic heterocycles. The molecule has 1 atom stereocenters. The van der Waals surface area contributed by atoms with E-state index in [9.17, 15) is 14.0 Å². The summed E-state index contributed by atoms with van der Waals surface area (Å²) in [6.45, 7) is 6.54. The fraction of sp³-hybridized carbons (Fsp3) is 0.364. The van der Waals surface area contributed by atoms with Crippen molar-refractivity contribution in [3.05, 3.63) is 53.8 Å². The number of nitrogens with one attached hydrogen (secondary N) is 1. The summed E-state index contributed by atoms with van der Waals surface area (Å²) in [5.74, 6) is -0.665. The Labute approximate surface area is 164 Å². The van der Waals surface area contributed by atoms with E-state index in [4.69, 9.17) is 4.74 Å². The SMILES string of the molecule is COc1ccc(C(C)(C)C)cc1NC(=O)C1CC(=O)N(c2ccc(F)cc2)C1. The van der Waals surface area contributed by atoms with Gasteiger partial charge >= 0.3 is 0 Å². The third-order valence-corrected chi connectivity index (χ3v) is 4.96. The highest BCUT2D eigenvalue weighted by Crippen LogP contribution is 2.33. The average molecular weight is 384 g/mol. The van der Waals surface area contributed by atoms with Crippen LogP contribution < -0.4 is 15.0 Å². The van der Waals surface area contributed by atoms with Crippen LogP contribution in [0.2, 0.25) is 0 Å². The molecule has 1 N–H and O–H groups in total. The van der Waals surface area contributed by atoms with Crippen molar-refractivity contribution in [2.45, 2.75) is 32.6 Å². The van der Waals surface area contributed by atoms with Gasteiger partial charge < -0.3 is 15.0 Å². The minimum atomic E-state index is -0.486. The molecule has 0 radical (unpaired) electrons. The van der Waals surface area contributed by atoms with Crippen molar-refractivity contribution in [2.75, 3.05) is 23.9 Å². The van der Waals surface area contributed by atoms with Gasteiger partial charge in [0.25, 0.3) is 0 Å². The number of carbonyl (C=O) groups is 2. The molecule has 0 bridgehead atoms. The number of hydrogen-bond acceptors (Lipinski definition) is 3. The molecule has 5 nitrogen and oxygen atoms in total. The summed E-state index contributed by atoms with van der Waals surface area (Å²) in [4.78, 5) is 26.7. The Morgan fingerprint density at radius 3 is 2.46 bits per heavy atom. The molecule has 148 valence electrons. The third kappa shape index (κ3) is 4.16. The molecule has 6 heteroatoms. The van der Waals surface area contributed by atoms with Crippen molar-refractivity contribution >= 4 is 23.2 Å². The zero-order chi connectivity index (χ0) is 20.5. The summed E-state index contributed by atoms with van der Waals surface area (Å²) in [6.07, 6.45) is 0.116. The van der Waals surface area contributed by atoms with Crippen LogP contribution in [0.4, 0.5) is 15.8 Å². The Morgan fingerprint density at radius 2 is 1.86 bits per heavy atom. The minimum absolute atomic E-state index is 0.0749. The lowest BCUT2D eigenvalue weighted by molar-refractivity contribution is -0.122. The van der Waals surface area contributed by atoms with Crippen LogP contribution in [-0.2, 0) is 15.0 Å². The van der Waals surface area contributed by atoms with Gasteiger partial charge in [0, 0.05) is 18.7 Å². The monoisotopic (exact) mass is 384 g/mol. The second-order valence-corrected chi connectivity index (χ2v) is 8.04. The molecule has 2 amide bonds. The highest BCUT2D eigenvalue weighted by molar-refractivity contribution is 6.04. The van der Waals surface area contributed by atoms with Gasteiger partial charge in [-0.3, -0.25) is 9.59 Å². The first-order valence-electron chi connectivity index (χ1n) is 9.24. The van der Waals surface area contributed by atoms with Gasteiger partial charge in [0.1, 0.15) is 11.6 Å². The second kappa shape index (κ2) is 7.62. The Bertz CT molecular complexity index is 888. The summed E-state index contributed by atoms with van der Waals surface area (Å²) in [5.41, 5.74) is 2.18. The van der Waals surface area contributed by atoms with E-state index in [0.29, 0.717) is 17.1 Å². The maximum atomic E-state index is 13.1. The van der Waals surface area contributed by atoms with Gasteiger partial charge in [-0.1, -0.05) is 26.8 Å². The molecular weight excluding hydrogens is 359 g/mol. The van der Waals surface area contributed by atoms with E-state index in [1.165, 1.54) is 17.0 Å². The van der Waals surface area contributed by atoms with E-state index >= 15 is 0 Å². The summed E-state index contributed by atoms with van der Waals surface area (Å²) in [7, 11) is 1.55. The van der Waals surface area contributed by atoms with Gasteiger partial charge in [0.2, 0.25) is 11.8 Å². The summed E-state index contributed by atoms with van der Waals surface area (Å²) in [6, 6.07) is 11.4. The molecule has 1 fully saturated rings. The van der Waals surface area contributed by atoms with E-state index in [-0.39, 0.29) is 36.0 Å². The van der Waals surface area contributed by atoms with Gasteiger partial charge in [0.15, 0.2) is 0 Å². The van der Waals surface area contributed by atoms with Gasteiger partial charge in [0.05, 0.1) is 18.7 Å². The highest BCUT2D eigenvalue weighted by Gasteiger charge is 2.35. The van der Waals surface area contributed by atoms with E-state index in [0.717, 1.165) is 5.56 Å². The van der Waals surface area contributed by atoms with Crippen LogP contribution in [0.1, 0.15) is 32.8 Å².